The van der Waals surface area contributed by atoms with Crippen LogP contribution in [0.4, 0.5) is 15.9 Å². The Bertz CT molecular complexity index is 1520. The van der Waals surface area contributed by atoms with Crippen LogP contribution < -0.4 is 10.5 Å². The molecule has 3 aromatic carbocycles. The summed E-state index contributed by atoms with van der Waals surface area (Å²) < 4.78 is 15.8. The molecule has 0 saturated heterocycles. The van der Waals surface area contributed by atoms with Gasteiger partial charge in [-0.2, -0.15) is 4.98 Å². The van der Waals surface area contributed by atoms with Crippen molar-refractivity contribution < 1.29 is 4.39 Å². The molecule has 0 radical (unpaired) electrons. The average molecular weight is 488 g/mol. The first kappa shape index (κ1) is 23.2. The van der Waals surface area contributed by atoms with Crippen molar-refractivity contribution in [1.82, 2.24) is 9.55 Å². The fraction of sp³-hybridized carbons (Fsp3) is 0.250. The summed E-state index contributed by atoms with van der Waals surface area (Å²) in [6.07, 6.45) is 2.85. The second-order valence-corrected chi connectivity index (χ2v) is 10.4. The van der Waals surface area contributed by atoms with Crippen molar-refractivity contribution in [3.63, 3.8) is 0 Å². The molecular formula is C28H27ClFN5. The molecule has 0 unspecified atom stereocenters. The lowest BCUT2D eigenvalue weighted by Gasteiger charge is -2.32. The standard InChI is InChI=1S/C28H27ClFN5/c1-28(2,3)20-10-8-17(9-11-20)19-7-6-18-5-4-12-34(24(18)13-19)26-21-14-23(30)22(29)15-25(21)35(16-31)27(32)33-26/h6-11,13-16,31-32H,4-5,12H2,1-3H3. The Labute approximate surface area is 208 Å². The Morgan fingerprint density at radius 3 is 2.43 bits per heavy atom. The minimum atomic E-state index is -0.554. The second kappa shape index (κ2) is 8.61. The molecule has 35 heavy (non-hydrogen) atoms. The highest BCUT2D eigenvalue weighted by Crippen LogP contribution is 2.39. The van der Waals surface area contributed by atoms with Crippen molar-refractivity contribution in [2.24, 2.45) is 0 Å². The van der Waals surface area contributed by atoms with Crippen molar-refractivity contribution in [2.45, 2.75) is 39.0 Å². The predicted molar refractivity (Wildman–Crippen MR) is 141 cm³/mol. The van der Waals surface area contributed by atoms with Crippen LogP contribution in [0.5, 0.6) is 0 Å². The molecule has 1 aliphatic rings. The molecule has 4 aromatic rings. The van der Waals surface area contributed by atoms with Crippen LogP contribution in [0, 0.1) is 16.6 Å². The van der Waals surface area contributed by atoms with Gasteiger partial charge in [0, 0.05) is 17.6 Å². The van der Waals surface area contributed by atoms with Crippen LogP contribution >= 0.6 is 11.6 Å². The van der Waals surface area contributed by atoms with Crippen LogP contribution in [0.1, 0.15) is 38.3 Å². The Kier molecular flexibility index (Phi) is 5.72. The summed E-state index contributed by atoms with van der Waals surface area (Å²) in [5.74, 6) is -0.0544. The maximum Gasteiger partial charge on any atom is 0.229 e. The van der Waals surface area contributed by atoms with Gasteiger partial charge in [0.15, 0.2) is 0 Å². The third-order valence-corrected chi connectivity index (χ3v) is 6.94. The van der Waals surface area contributed by atoms with E-state index in [-0.39, 0.29) is 16.1 Å². The third kappa shape index (κ3) is 4.12. The van der Waals surface area contributed by atoms with E-state index in [2.05, 4.69) is 73.1 Å². The molecular weight excluding hydrogens is 461 g/mol. The summed E-state index contributed by atoms with van der Waals surface area (Å²) in [7, 11) is 0. The Morgan fingerprint density at radius 1 is 1.03 bits per heavy atom. The summed E-state index contributed by atoms with van der Waals surface area (Å²) in [6.45, 7) is 7.30. The first-order valence-corrected chi connectivity index (χ1v) is 12.0. The summed E-state index contributed by atoms with van der Waals surface area (Å²) in [6, 6.07) is 17.9. The number of benzene rings is 3. The highest BCUT2D eigenvalue weighted by atomic mass is 35.5. The summed E-state index contributed by atoms with van der Waals surface area (Å²) in [4.78, 5) is 6.56. The quantitative estimate of drug-likeness (QED) is 0.246. The zero-order valence-electron chi connectivity index (χ0n) is 20.0. The van der Waals surface area contributed by atoms with E-state index in [1.165, 1.54) is 27.8 Å². The average Bonchev–Trinajstić information content (AvgIpc) is 2.84. The lowest BCUT2D eigenvalue weighted by molar-refractivity contribution is 0.590. The van der Waals surface area contributed by atoms with Gasteiger partial charge in [-0.15, -0.1) is 0 Å². The van der Waals surface area contributed by atoms with Crippen LogP contribution in [0.15, 0.2) is 54.6 Å². The molecule has 7 heteroatoms. The van der Waals surface area contributed by atoms with Crippen LogP contribution in [0.3, 0.4) is 0 Å². The van der Waals surface area contributed by atoms with E-state index in [1.54, 1.807) is 0 Å². The van der Waals surface area contributed by atoms with Crippen LogP contribution in [0.2, 0.25) is 5.02 Å². The number of nitrogens with zero attached hydrogens (tertiary/aromatic N) is 3. The number of rotatable bonds is 3. The topological polar surface area (TPSA) is 68.8 Å². The van der Waals surface area contributed by atoms with Crippen molar-refractivity contribution in [3.8, 4) is 11.1 Å². The maximum atomic E-state index is 14.5. The van der Waals surface area contributed by atoms with Crippen molar-refractivity contribution in [1.29, 1.82) is 10.8 Å². The van der Waals surface area contributed by atoms with Crippen LogP contribution in [0.25, 0.3) is 22.0 Å². The first-order valence-electron chi connectivity index (χ1n) is 11.7. The van der Waals surface area contributed by atoms with E-state index in [0.717, 1.165) is 36.0 Å². The van der Waals surface area contributed by atoms with Gasteiger partial charge in [0.25, 0.3) is 0 Å². The number of hydrogen-bond acceptors (Lipinski definition) is 4. The molecule has 5 nitrogen and oxygen atoms in total. The van der Waals surface area contributed by atoms with Crippen LogP contribution in [-0.4, -0.2) is 22.4 Å². The molecule has 178 valence electrons. The highest BCUT2D eigenvalue weighted by molar-refractivity contribution is 6.31. The minimum Gasteiger partial charge on any atom is -0.325 e. The summed E-state index contributed by atoms with van der Waals surface area (Å²) >= 11 is 6.06. The van der Waals surface area contributed by atoms with Gasteiger partial charge in [-0.25, -0.2) is 4.39 Å². The second-order valence-electron chi connectivity index (χ2n) is 9.97. The van der Waals surface area contributed by atoms with E-state index < -0.39 is 5.82 Å². The summed E-state index contributed by atoms with van der Waals surface area (Å²) in [5, 5.41) is 16.6. The number of anilines is 2. The van der Waals surface area contributed by atoms with Crippen LogP contribution in [-0.2, 0) is 11.8 Å². The molecule has 0 saturated carbocycles. The number of hydrogen-bond donors (Lipinski definition) is 2. The Balaban J connectivity index is 1.67. The largest absolute Gasteiger partial charge is 0.325 e. The smallest absolute Gasteiger partial charge is 0.229 e. The zero-order chi connectivity index (χ0) is 24.9. The zero-order valence-corrected chi connectivity index (χ0v) is 20.7. The van der Waals surface area contributed by atoms with Gasteiger partial charge in [-0.3, -0.25) is 15.4 Å². The molecule has 1 aromatic heterocycles. The maximum absolute atomic E-state index is 14.5. The van der Waals surface area contributed by atoms with Crippen molar-refractivity contribution in [2.75, 3.05) is 11.4 Å². The lowest BCUT2D eigenvalue weighted by atomic mass is 9.86. The first-order chi connectivity index (χ1) is 16.7. The SMILES string of the molecule is CC(C)(C)c1ccc(-c2ccc3c(c2)N(c2nc(=N)n(C=N)c4cc(Cl)c(F)cc24)CCC3)cc1. The fourth-order valence-corrected chi connectivity index (χ4v) is 4.87. The molecule has 1 aliphatic heterocycles. The Hall–Kier alpha value is -3.51. The molecule has 0 spiro atoms. The fourth-order valence-electron chi connectivity index (χ4n) is 4.72. The number of fused-ring (bicyclic) bond motifs is 2. The molecule has 2 heterocycles. The predicted octanol–water partition coefficient (Wildman–Crippen LogP) is 6.81. The van der Waals surface area contributed by atoms with Crippen molar-refractivity contribution >= 4 is 40.3 Å². The van der Waals surface area contributed by atoms with E-state index in [4.69, 9.17) is 22.4 Å². The van der Waals surface area contributed by atoms with Gasteiger partial charge < -0.3 is 4.90 Å². The molecule has 0 aliphatic carbocycles. The molecule has 0 fully saturated rings. The van der Waals surface area contributed by atoms with Gasteiger partial charge in [0.05, 0.1) is 16.9 Å². The molecule has 2 N–H and O–H groups in total. The highest BCUT2D eigenvalue weighted by Gasteiger charge is 2.24. The van der Waals surface area contributed by atoms with Gasteiger partial charge in [-0.1, -0.05) is 68.8 Å². The van der Waals surface area contributed by atoms with Gasteiger partial charge >= 0.3 is 0 Å². The van der Waals surface area contributed by atoms with Gasteiger partial charge in [0.2, 0.25) is 5.62 Å². The number of halogens is 2. The molecule has 0 atom stereocenters. The third-order valence-electron chi connectivity index (χ3n) is 6.65. The van der Waals surface area contributed by atoms with E-state index in [1.807, 2.05) is 0 Å². The van der Waals surface area contributed by atoms with Crippen molar-refractivity contribution in [3.05, 3.63) is 82.2 Å². The van der Waals surface area contributed by atoms with E-state index >= 15 is 0 Å². The van der Waals surface area contributed by atoms with E-state index in [9.17, 15) is 4.39 Å². The molecule has 5 rings (SSSR count). The Morgan fingerprint density at radius 2 is 1.74 bits per heavy atom. The van der Waals surface area contributed by atoms with E-state index in [0.29, 0.717) is 23.3 Å². The molecule has 0 bridgehead atoms. The molecule has 0 amide bonds. The lowest BCUT2D eigenvalue weighted by Crippen LogP contribution is -2.31. The normalized spacial score (nSPS) is 13.7. The monoisotopic (exact) mass is 487 g/mol. The number of aryl methyl sites for hydroxylation is 1. The number of aromatic nitrogens is 2. The van der Waals surface area contributed by atoms with Gasteiger partial charge in [0.1, 0.15) is 11.6 Å². The van der Waals surface area contributed by atoms with Gasteiger partial charge in [-0.05, 0) is 58.7 Å². The number of nitrogens with one attached hydrogen (secondary N) is 2. The minimum absolute atomic E-state index is 0.0512. The summed E-state index contributed by atoms with van der Waals surface area (Å²) in [5.41, 5.74) is 6.14.